The minimum atomic E-state index is 0.748. The zero-order valence-electron chi connectivity index (χ0n) is 8.16. The Bertz CT molecular complexity index is 388. The Morgan fingerprint density at radius 1 is 0.800 bits per heavy atom. The van der Waals surface area contributed by atoms with Crippen LogP contribution in [0.5, 0.6) is 0 Å². The molecule has 0 aromatic heterocycles. The zero-order chi connectivity index (χ0) is 10.4. The fraction of sp³-hybridized carbons (Fsp3) is 0.333. The van der Waals surface area contributed by atoms with Crippen LogP contribution < -0.4 is 0 Å². The average Bonchev–Trinajstić information content (AvgIpc) is 2.80. The van der Waals surface area contributed by atoms with Crippen LogP contribution in [0.3, 0.4) is 0 Å². The molecule has 0 saturated carbocycles. The molecule has 0 aromatic rings. The van der Waals surface area contributed by atoms with E-state index in [1.54, 1.807) is 16.6 Å². The van der Waals surface area contributed by atoms with Crippen molar-refractivity contribution in [2.24, 2.45) is 0 Å². The molecule has 80 valence electrons. The molecule has 6 heteroatoms. The molecule has 3 aliphatic heterocycles. The molecule has 3 aliphatic rings. The van der Waals surface area contributed by atoms with Crippen molar-refractivity contribution in [1.29, 1.82) is 0 Å². The Labute approximate surface area is 124 Å². The van der Waals surface area contributed by atoms with Gasteiger partial charge in [0.05, 0.1) is 0 Å². The van der Waals surface area contributed by atoms with E-state index >= 15 is 0 Å². The van der Waals surface area contributed by atoms with Gasteiger partial charge in [0, 0.05) is 0 Å². The van der Waals surface area contributed by atoms with Crippen molar-refractivity contribution < 1.29 is 0 Å². The van der Waals surface area contributed by atoms with Gasteiger partial charge in [0.1, 0.15) is 0 Å². The average molecular weight is 496 g/mol. The predicted octanol–water partition coefficient (Wildman–Crippen LogP) is 1.77. The van der Waals surface area contributed by atoms with Crippen LogP contribution in [0.1, 0.15) is 13.8 Å². The van der Waals surface area contributed by atoms with E-state index in [1.165, 1.54) is 5.08 Å². The first kappa shape index (κ1) is 12.1. The van der Waals surface area contributed by atoms with Crippen LogP contribution in [0.25, 0.3) is 0 Å². The van der Waals surface area contributed by atoms with Crippen LogP contribution >= 0.6 is 23.5 Å². The van der Waals surface area contributed by atoms with Gasteiger partial charge in [-0.2, -0.15) is 0 Å². The van der Waals surface area contributed by atoms with Crippen LogP contribution in [0, 0.1) is 0 Å². The number of thioether (sulfide) groups is 2. The molecular weight excluding hydrogens is 488 g/mol. The fourth-order valence-electron chi connectivity index (χ4n) is 1.20. The quantitative estimate of drug-likeness (QED) is 0.470. The normalized spacial score (nSPS) is 26.0. The topological polar surface area (TPSA) is 0 Å². The summed E-state index contributed by atoms with van der Waals surface area (Å²) < 4.78 is 10.9. The van der Waals surface area contributed by atoms with E-state index in [2.05, 4.69) is 37.4 Å². The summed E-state index contributed by atoms with van der Waals surface area (Å²) in [5, 5.41) is 1.31. The maximum absolute atomic E-state index is 2.35. The first-order valence-electron chi connectivity index (χ1n) is 4.37. The van der Waals surface area contributed by atoms with E-state index in [-0.39, 0.29) is 0 Å². The Kier molecular flexibility index (Phi) is 3.97. The summed E-state index contributed by atoms with van der Waals surface area (Å²) in [5.41, 5.74) is 0. The van der Waals surface area contributed by atoms with Crippen molar-refractivity contribution in [3.63, 3.8) is 0 Å². The molecule has 0 saturated heterocycles. The fourth-order valence-corrected chi connectivity index (χ4v) is 23.4. The molecule has 15 heavy (non-hydrogen) atoms. The summed E-state index contributed by atoms with van der Waals surface area (Å²) in [6, 6.07) is 0. The molecule has 0 unspecified atom stereocenters. The van der Waals surface area contributed by atoms with Gasteiger partial charge < -0.3 is 0 Å². The first-order valence-corrected chi connectivity index (χ1v) is 13.2. The van der Waals surface area contributed by atoms with Gasteiger partial charge in [-0.05, 0) is 0 Å². The van der Waals surface area contributed by atoms with E-state index in [4.69, 9.17) is 0 Å². The van der Waals surface area contributed by atoms with Crippen molar-refractivity contribution in [2.75, 3.05) is 5.08 Å². The van der Waals surface area contributed by atoms with Crippen LogP contribution in [0.2, 0.25) is 0 Å². The zero-order valence-corrected chi connectivity index (χ0v) is 16.6. The van der Waals surface area contributed by atoms with Crippen molar-refractivity contribution in [1.82, 2.24) is 0 Å². The van der Waals surface area contributed by atoms with E-state index < -0.39 is 0 Å². The summed E-state index contributed by atoms with van der Waals surface area (Å²) in [5.74, 6) is 0. The third-order valence-corrected chi connectivity index (χ3v) is 22.0. The maximum atomic E-state index is 2.35. The van der Waals surface area contributed by atoms with E-state index in [0.717, 1.165) is 59.8 Å². The van der Waals surface area contributed by atoms with Crippen LogP contribution in [0.15, 0.2) is 23.3 Å². The van der Waals surface area contributed by atoms with Crippen molar-refractivity contribution in [3.05, 3.63) is 23.3 Å². The summed E-state index contributed by atoms with van der Waals surface area (Å²) in [6.07, 6.45) is 0. The molecule has 0 atom stereocenters. The minimum absolute atomic E-state index is 0.748. The molecule has 3 heterocycles. The van der Waals surface area contributed by atoms with Gasteiger partial charge in [0.15, 0.2) is 0 Å². The Morgan fingerprint density at radius 2 is 1.27 bits per heavy atom. The molecule has 0 radical (unpaired) electrons. The number of hydrogen-bond acceptors (Lipinski definition) is 2. The SMILES string of the molecule is CC1=C(C)[Se]C(=C2[Se]C3=C(SCS3)[Se]2)[Se]1. The predicted molar refractivity (Wildman–Crippen MR) is 75.5 cm³/mol. The van der Waals surface area contributed by atoms with Gasteiger partial charge in [-0.15, -0.1) is 0 Å². The van der Waals surface area contributed by atoms with Gasteiger partial charge in [-0.3, -0.25) is 0 Å². The Hall–Kier alpha value is 2.00. The molecule has 0 aliphatic carbocycles. The second-order valence-electron chi connectivity index (χ2n) is 3.08. The molecule has 0 bridgehead atoms. The molecule has 0 nitrogen and oxygen atoms in total. The van der Waals surface area contributed by atoms with Crippen molar-refractivity contribution in [2.45, 2.75) is 13.8 Å². The third kappa shape index (κ3) is 2.42. The summed E-state index contributed by atoms with van der Waals surface area (Å²) in [6.45, 7) is 4.70. The summed E-state index contributed by atoms with van der Waals surface area (Å²) in [7, 11) is 0. The van der Waals surface area contributed by atoms with Crippen LogP contribution in [-0.2, 0) is 0 Å². The van der Waals surface area contributed by atoms with Crippen LogP contribution in [-0.4, -0.2) is 64.9 Å². The van der Waals surface area contributed by atoms with Crippen LogP contribution in [0.4, 0.5) is 0 Å². The van der Waals surface area contributed by atoms with Crippen molar-refractivity contribution >= 4 is 83.4 Å². The second kappa shape index (κ2) is 4.94. The summed E-state index contributed by atoms with van der Waals surface area (Å²) >= 11 is 7.27. The molecular formula is C9H8S2Se4. The molecule has 0 aromatic carbocycles. The third-order valence-electron chi connectivity index (χ3n) is 2.07. The number of allylic oxidation sites excluding steroid dienone is 2. The number of hydrogen-bond donors (Lipinski definition) is 0. The van der Waals surface area contributed by atoms with Gasteiger partial charge >= 0.3 is 126 Å². The first-order chi connectivity index (χ1) is 7.24. The molecule has 0 fully saturated rings. The Morgan fingerprint density at radius 3 is 1.80 bits per heavy atom. The van der Waals surface area contributed by atoms with Gasteiger partial charge in [-0.25, -0.2) is 0 Å². The standard InChI is InChI=1S/C9H8S2Se4/c1-4-5(2)13-8(12-4)9-14-6-7(15-9)11-3-10-6/h3H2,1-2H3. The molecule has 0 N–H and O–H groups in total. The van der Waals surface area contributed by atoms with E-state index in [9.17, 15) is 0 Å². The van der Waals surface area contributed by atoms with Crippen molar-refractivity contribution in [3.8, 4) is 0 Å². The summed E-state index contributed by atoms with van der Waals surface area (Å²) in [4.78, 5) is 0. The van der Waals surface area contributed by atoms with E-state index in [0.29, 0.717) is 0 Å². The molecule has 0 amide bonds. The van der Waals surface area contributed by atoms with E-state index in [1.807, 2.05) is 6.74 Å². The van der Waals surface area contributed by atoms with Gasteiger partial charge in [-0.1, -0.05) is 0 Å². The Balaban J connectivity index is 1.80. The molecule has 3 rings (SSSR count). The second-order valence-corrected chi connectivity index (χ2v) is 18.6. The van der Waals surface area contributed by atoms with Gasteiger partial charge in [0.25, 0.3) is 0 Å². The van der Waals surface area contributed by atoms with Gasteiger partial charge in [0.2, 0.25) is 0 Å². The monoisotopic (exact) mass is 500 g/mol. The molecule has 0 spiro atoms. The number of rotatable bonds is 0.